The molecule has 0 unspecified atom stereocenters. The van der Waals surface area contributed by atoms with Crippen LogP contribution in [0.5, 0.6) is 5.88 Å². The van der Waals surface area contributed by atoms with Gasteiger partial charge in [0.15, 0.2) is 0 Å². The molecule has 1 aliphatic carbocycles. The van der Waals surface area contributed by atoms with Crippen LogP contribution in [0.2, 0.25) is 0 Å². The largest absolute Gasteiger partial charge is 0.477 e. The van der Waals surface area contributed by atoms with Crippen molar-refractivity contribution in [3.63, 3.8) is 0 Å². The molecule has 35 heavy (non-hydrogen) atoms. The third kappa shape index (κ3) is 3.96. The molecule has 8 nitrogen and oxygen atoms in total. The first-order valence-corrected chi connectivity index (χ1v) is 12.3. The maximum Gasteiger partial charge on any atom is 0.280 e. The number of hydrogen-bond acceptors (Lipinski definition) is 6. The SMILES string of the molecule is Cc1cc2cc(n1)-c1cnn(C)c1OCC[C@@H]1C[C@H]1CN1/C(=N/C2=O)Nc2ccc(C(C)C)cc21. The van der Waals surface area contributed by atoms with Crippen LogP contribution in [0.15, 0.2) is 41.5 Å². The van der Waals surface area contributed by atoms with Gasteiger partial charge in [-0.15, -0.1) is 0 Å². The van der Waals surface area contributed by atoms with Gasteiger partial charge in [-0.1, -0.05) is 19.9 Å². The minimum absolute atomic E-state index is 0.297. The highest BCUT2D eigenvalue weighted by atomic mass is 16.5. The highest BCUT2D eigenvalue weighted by Crippen LogP contribution is 2.45. The van der Waals surface area contributed by atoms with Crippen molar-refractivity contribution >= 4 is 23.2 Å². The van der Waals surface area contributed by atoms with E-state index in [1.807, 2.05) is 14.0 Å². The quantitative estimate of drug-likeness (QED) is 0.552. The zero-order valence-corrected chi connectivity index (χ0v) is 20.6. The maximum absolute atomic E-state index is 13.4. The van der Waals surface area contributed by atoms with Gasteiger partial charge in [-0.25, -0.2) is 4.68 Å². The van der Waals surface area contributed by atoms with E-state index in [0.29, 0.717) is 47.5 Å². The number of carbonyl (C=O) groups is 1. The van der Waals surface area contributed by atoms with Gasteiger partial charge in [0.1, 0.15) is 0 Å². The van der Waals surface area contributed by atoms with Crippen molar-refractivity contribution in [2.45, 2.75) is 39.5 Å². The lowest BCUT2D eigenvalue weighted by Crippen LogP contribution is -2.33. The molecule has 0 spiro atoms. The number of aromatic nitrogens is 3. The second-order valence-corrected chi connectivity index (χ2v) is 10.2. The van der Waals surface area contributed by atoms with E-state index in [0.717, 1.165) is 42.0 Å². The zero-order chi connectivity index (χ0) is 24.3. The number of guanidine groups is 1. The van der Waals surface area contributed by atoms with E-state index < -0.39 is 0 Å². The summed E-state index contributed by atoms with van der Waals surface area (Å²) in [7, 11) is 1.86. The summed E-state index contributed by atoms with van der Waals surface area (Å²) in [6.07, 6.45) is 3.88. The third-order valence-corrected chi connectivity index (χ3v) is 7.26. The molecule has 1 amide bonds. The number of carbonyl (C=O) groups excluding carboxylic acids is 1. The van der Waals surface area contributed by atoms with Crippen molar-refractivity contribution in [3.05, 3.63) is 53.3 Å². The number of hydrogen-bond donors (Lipinski definition) is 1. The Morgan fingerprint density at radius 2 is 2.03 bits per heavy atom. The van der Waals surface area contributed by atoms with Gasteiger partial charge in [0, 0.05) is 24.8 Å². The van der Waals surface area contributed by atoms with Crippen molar-refractivity contribution in [2.75, 3.05) is 23.4 Å². The van der Waals surface area contributed by atoms with E-state index in [2.05, 4.69) is 57.3 Å². The summed E-state index contributed by atoms with van der Waals surface area (Å²) >= 11 is 0. The Kier molecular flexibility index (Phi) is 5.12. The normalized spacial score (nSPS) is 22.5. The van der Waals surface area contributed by atoms with Crippen molar-refractivity contribution < 1.29 is 9.53 Å². The molecule has 1 aromatic carbocycles. The van der Waals surface area contributed by atoms with Crippen LogP contribution in [0, 0.1) is 18.8 Å². The molecule has 180 valence electrons. The fourth-order valence-corrected chi connectivity index (χ4v) is 5.10. The molecule has 0 radical (unpaired) electrons. The van der Waals surface area contributed by atoms with Gasteiger partial charge in [-0.2, -0.15) is 10.1 Å². The molecule has 1 saturated carbocycles. The molecule has 2 bridgehead atoms. The first-order valence-electron chi connectivity index (χ1n) is 12.3. The molecule has 6 rings (SSSR count). The number of amides is 1. The Bertz CT molecular complexity index is 1360. The van der Waals surface area contributed by atoms with Crippen LogP contribution in [0.3, 0.4) is 0 Å². The predicted octanol–water partition coefficient (Wildman–Crippen LogP) is 4.76. The molecule has 4 heterocycles. The minimum Gasteiger partial charge on any atom is -0.477 e. The van der Waals surface area contributed by atoms with Crippen LogP contribution in [-0.4, -0.2) is 39.8 Å². The fraction of sp³-hybridized carbons (Fsp3) is 0.407. The van der Waals surface area contributed by atoms with Crippen molar-refractivity contribution in [1.29, 1.82) is 0 Å². The molecular weight excluding hydrogens is 440 g/mol. The average Bonchev–Trinajstić information content (AvgIpc) is 3.33. The lowest BCUT2D eigenvalue weighted by Gasteiger charge is -2.20. The summed E-state index contributed by atoms with van der Waals surface area (Å²) < 4.78 is 7.93. The van der Waals surface area contributed by atoms with Gasteiger partial charge in [-0.3, -0.25) is 9.78 Å². The van der Waals surface area contributed by atoms with Crippen LogP contribution in [0.4, 0.5) is 11.4 Å². The predicted molar refractivity (Wildman–Crippen MR) is 136 cm³/mol. The molecule has 2 aromatic heterocycles. The molecule has 1 fully saturated rings. The van der Waals surface area contributed by atoms with E-state index in [-0.39, 0.29) is 5.91 Å². The number of nitrogens with zero attached hydrogens (tertiary/aromatic N) is 5. The van der Waals surface area contributed by atoms with Gasteiger partial charge in [0.25, 0.3) is 5.91 Å². The van der Waals surface area contributed by atoms with Crippen molar-refractivity contribution in [2.24, 2.45) is 23.9 Å². The van der Waals surface area contributed by atoms with E-state index in [4.69, 9.17) is 4.74 Å². The van der Waals surface area contributed by atoms with Crippen molar-refractivity contribution in [1.82, 2.24) is 14.8 Å². The zero-order valence-electron chi connectivity index (χ0n) is 20.6. The number of benzene rings is 1. The van der Waals surface area contributed by atoms with Crippen molar-refractivity contribution in [3.8, 4) is 17.1 Å². The first-order chi connectivity index (χ1) is 16.9. The molecule has 0 saturated heterocycles. The summed E-state index contributed by atoms with van der Waals surface area (Å²) in [5, 5.41) is 7.79. The van der Waals surface area contributed by atoms with Crippen LogP contribution >= 0.6 is 0 Å². The van der Waals surface area contributed by atoms with Crippen LogP contribution < -0.4 is 15.0 Å². The van der Waals surface area contributed by atoms with Gasteiger partial charge < -0.3 is 15.0 Å². The summed E-state index contributed by atoms with van der Waals surface area (Å²) in [6, 6.07) is 10.0. The second kappa shape index (κ2) is 8.22. The number of pyridine rings is 1. The highest BCUT2D eigenvalue weighted by molar-refractivity contribution is 6.19. The van der Waals surface area contributed by atoms with Gasteiger partial charge in [-0.05, 0) is 67.3 Å². The monoisotopic (exact) mass is 470 g/mol. The number of fused-ring (bicyclic) bond motifs is 8. The molecule has 3 aliphatic rings. The van der Waals surface area contributed by atoms with Crippen LogP contribution in [0.25, 0.3) is 11.3 Å². The molecule has 2 aliphatic heterocycles. The smallest absolute Gasteiger partial charge is 0.280 e. The Morgan fingerprint density at radius 3 is 2.86 bits per heavy atom. The minimum atomic E-state index is -0.297. The molecule has 3 aromatic rings. The second-order valence-electron chi connectivity index (χ2n) is 10.2. The molecular formula is C27H30N6O2. The number of ether oxygens (including phenoxy) is 1. The number of anilines is 2. The summed E-state index contributed by atoms with van der Waals surface area (Å²) in [5.41, 5.74) is 6.05. The standard InChI is InChI=1S/C27H30N6O2/c1-15(2)17-5-6-22-24(12-17)33-14-20-10-18(20)7-8-35-26-21(13-28-32(26)4)23-11-19(9-16(3)29-23)25(34)31-27(33)30-22/h5-6,9,11-13,15,18,20H,7-8,10,14H2,1-4H3,(H,30,31,34)/t18-,20+/m1/s1. The highest BCUT2D eigenvalue weighted by Gasteiger charge is 2.41. The Morgan fingerprint density at radius 1 is 1.17 bits per heavy atom. The summed E-state index contributed by atoms with van der Waals surface area (Å²) in [5.74, 6) is 2.53. The molecule has 8 heteroatoms. The third-order valence-electron chi connectivity index (χ3n) is 7.26. The summed E-state index contributed by atoms with van der Waals surface area (Å²) in [4.78, 5) is 24.9. The number of aliphatic imine (C=N–C) groups is 1. The van der Waals surface area contributed by atoms with E-state index in [9.17, 15) is 4.79 Å². The lowest BCUT2D eigenvalue weighted by atomic mass is 10.0. The van der Waals surface area contributed by atoms with E-state index in [1.54, 1.807) is 23.0 Å². The summed E-state index contributed by atoms with van der Waals surface area (Å²) in [6.45, 7) is 7.73. The fourth-order valence-electron chi connectivity index (χ4n) is 5.10. The molecule has 1 N–H and O–H groups in total. The lowest BCUT2D eigenvalue weighted by molar-refractivity contribution is 0.100. The first kappa shape index (κ1) is 21.8. The Balaban J connectivity index is 1.44. The number of rotatable bonds is 1. The topological polar surface area (TPSA) is 84.6 Å². The van der Waals surface area contributed by atoms with Crippen LogP contribution in [-0.2, 0) is 7.05 Å². The maximum atomic E-state index is 13.4. The van der Waals surface area contributed by atoms with Gasteiger partial charge in [0.05, 0.1) is 35.4 Å². The van der Waals surface area contributed by atoms with E-state index in [1.165, 1.54) is 5.56 Å². The average molecular weight is 471 g/mol. The van der Waals surface area contributed by atoms with Gasteiger partial charge in [0.2, 0.25) is 11.8 Å². The number of nitrogens with one attached hydrogen (secondary N) is 1. The Hall–Kier alpha value is -3.68. The van der Waals surface area contributed by atoms with E-state index >= 15 is 0 Å². The molecule has 2 atom stereocenters. The van der Waals surface area contributed by atoms with Gasteiger partial charge >= 0.3 is 0 Å². The van der Waals surface area contributed by atoms with Crippen LogP contribution in [0.1, 0.15) is 54.2 Å². The number of aryl methyl sites for hydroxylation is 2. The Labute approximate surface area is 205 Å².